The van der Waals surface area contributed by atoms with Crippen molar-refractivity contribution in [3.63, 3.8) is 0 Å². The molecule has 1 aliphatic carbocycles. The molecule has 0 unspecified atom stereocenters. The topological polar surface area (TPSA) is 101 Å². The molecule has 0 bridgehead atoms. The fraction of sp³-hybridized carbons (Fsp3) is 0.588. The zero-order chi connectivity index (χ0) is 18.0. The summed E-state index contributed by atoms with van der Waals surface area (Å²) in [6.07, 6.45) is 2.71. The van der Waals surface area contributed by atoms with E-state index >= 15 is 0 Å². The van der Waals surface area contributed by atoms with Gasteiger partial charge in [-0.15, -0.1) is 0 Å². The van der Waals surface area contributed by atoms with Gasteiger partial charge in [0.2, 0.25) is 15.9 Å². The lowest BCUT2D eigenvalue weighted by Gasteiger charge is -2.30. The van der Waals surface area contributed by atoms with Crippen LogP contribution in [-0.2, 0) is 14.8 Å². The summed E-state index contributed by atoms with van der Waals surface area (Å²) in [5, 5.41) is 2.89. The van der Waals surface area contributed by atoms with Crippen LogP contribution >= 0.6 is 0 Å². The number of carbonyl (C=O) groups is 1. The second-order valence-electron chi connectivity index (χ2n) is 7.39. The van der Waals surface area contributed by atoms with Crippen molar-refractivity contribution in [2.75, 3.05) is 11.1 Å². The second-order valence-corrected chi connectivity index (χ2v) is 9.86. The minimum Gasteiger partial charge on any atom is -0.399 e. The molecule has 0 aromatic heterocycles. The van der Waals surface area contributed by atoms with Crippen molar-refractivity contribution in [3.05, 3.63) is 24.3 Å². The molecule has 1 aromatic rings. The zero-order valence-corrected chi connectivity index (χ0v) is 15.3. The van der Waals surface area contributed by atoms with Crippen molar-refractivity contribution in [2.24, 2.45) is 5.92 Å². The van der Waals surface area contributed by atoms with E-state index in [0.29, 0.717) is 31.4 Å². The number of carbonyl (C=O) groups excluding carboxylic acids is 1. The van der Waals surface area contributed by atoms with Crippen LogP contribution in [0.15, 0.2) is 24.3 Å². The Labute approximate surface area is 144 Å². The van der Waals surface area contributed by atoms with Gasteiger partial charge < -0.3 is 11.1 Å². The third kappa shape index (κ3) is 4.70. The Balaban J connectivity index is 1.86. The highest BCUT2D eigenvalue weighted by Crippen LogP contribution is 2.27. The molecule has 1 saturated carbocycles. The summed E-state index contributed by atoms with van der Waals surface area (Å²) in [4.78, 5) is 12.3. The lowest BCUT2D eigenvalue weighted by Crippen LogP contribution is -2.46. The maximum atomic E-state index is 12.3. The van der Waals surface area contributed by atoms with Crippen LogP contribution in [-0.4, -0.2) is 25.1 Å². The Bertz CT molecular complexity index is 670. The van der Waals surface area contributed by atoms with Gasteiger partial charge in [-0.05, 0) is 70.7 Å². The van der Waals surface area contributed by atoms with Gasteiger partial charge in [-0.1, -0.05) is 0 Å². The van der Waals surface area contributed by atoms with Gasteiger partial charge in [0, 0.05) is 23.3 Å². The van der Waals surface area contributed by atoms with Crippen molar-refractivity contribution in [1.82, 2.24) is 4.72 Å². The van der Waals surface area contributed by atoms with E-state index in [1.807, 2.05) is 0 Å². The van der Waals surface area contributed by atoms with Crippen molar-refractivity contribution in [1.29, 1.82) is 0 Å². The molecule has 1 amide bonds. The molecule has 0 heterocycles. The average Bonchev–Trinajstić information content (AvgIpc) is 2.49. The second kappa shape index (κ2) is 7.11. The van der Waals surface area contributed by atoms with Gasteiger partial charge in [0.1, 0.15) is 0 Å². The van der Waals surface area contributed by atoms with Gasteiger partial charge in [0.25, 0.3) is 0 Å². The molecule has 0 aliphatic heterocycles. The number of sulfonamides is 1. The maximum Gasteiger partial charge on any atom is 0.227 e. The molecular weight excluding hydrogens is 326 g/mol. The smallest absolute Gasteiger partial charge is 0.227 e. The van der Waals surface area contributed by atoms with E-state index in [9.17, 15) is 13.2 Å². The summed E-state index contributed by atoms with van der Waals surface area (Å²) in [5.41, 5.74) is 7.01. The molecule has 4 N–H and O–H groups in total. The van der Waals surface area contributed by atoms with Crippen LogP contribution < -0.4 is 15.8 Å². The highest BCUT2D eigenvalue weighted by molar-refractivity contribution is 7.90. The zero-order valence-electron chi connectivity index (χ0n) is 14.5. The number of hydrogen-bond acceptors (Lipinski definition) is 4. The highest BCUT2D eigenvalue weighted by Gasteiger charge is 2.34. The first-order chi connectivity index (χ1) is 11.1. The number of amides is 1. The normalized spacial score (nSPS) is 22.1. The molecule has 0 saturated heterocycles. The Kier molecular flexibility index (Phi) is 5.55. The molecule has 7 heteroatoms. The number of nitrogens with one attached hydrogen (secondary N) is 2. The Morgan fingerprint density at radius 1 is 1.08 bits per heavy atom. The van der Waals surface area contributed by atoms with E-state index in [4.69, 9.17) is 5.73 Å². The van der Waals surface area contributed by atoms with Crippen LogP contribution in [0.3, 0.4) is 0 Å². The molecule has 24 heavy (non-hydrogen) atoms. The van der Waals surface area contributed by atoms with Gasteiger partial charge in [-0.25, -0.2) is 13.1 Å². The van der Waals surface area contributed by atoms with Crippen LogP contribution in [0.1, 0.15) is 46.5 Å². The molecule has 134 valence electrons. The monoisotopic (exact) mass is 353 g/mol. The highest BCUT2D eigenvalue weighted by atomic mass is 32.2. The fourth-order valence-electron chi connectivity index (χ4n) is 2.68. The summed E-state index contributed by atoms with van der Waals surface area (Å²) in [6.45, 7) is 5.04. The number of hydrogen-bond donors (Lipinski definition) is 3. The summed E-state index contributed by atoms with van der Waals surface area (Å²) in [5.74, 6) is -0.102. The Hall–Kier alpha value is -1.60. The summed E-state index contributed by atoms with van der Waals surface area (Å²) >= 11 is 0. The first-order valence-electron chi connectivity index (χ1n) is 8.27. The van der Waals surface area contributed by atoms with E-state index in [0.717, 1.165) is 5.69 Å². The van der Waals surface area contributed by atoms with E-state index in [2.05, 4.69) is 10.0 Å². The molecule has 2 rings (SSSR count). The molecule has 6 nitrogen and oxygen atoms in total. The van der Waals surface area contributed by atoms with Crippen LogP contribution in [0, 0.1) is 5.92 Å². The molecule has 1 aromatic carbocycles. The summed E-state index contributed by atoms with van der Waals surface area (Å²) in [6, 6.07) is 6.95. The minimum atomic E-state index is -3.35. The largest absolute Gasteiger partial charge is 0.399 e. The Morgan fingerprint density at radius 3 is 2.12 bits per heavy atom. The van der Waals surface area contributed by atoms with E-state index in [1.165, 1.54) is 0 Å². The predicted octanol–water partition coefficient (Wildman–Crippen LogP) is 2.48. The number of nitrogen functional groups attached to an aromatic ring is 1. The first-order valence-corrected chi connectivity index (χ1v) is 9.75. The average molecular weight is 353 g/mol. The van der Waals surface area contributed by atoms with E-state index in [1.54, 1.807) is 45.0 Å². The van der Waals surface area contributed by atoms with Crippen LogP contribution in [0.4, 0.5) is 11.4 Å². The van der Waals surface area contributed by atoms with Crippen molar-refractivity contribution in [3.8, 4) is 0 Å². The first kappa shape index (κ1) is 18.7. The molecule has 0 spiro atoms. The minimum absolute atomic E-state index is 0.0168. The standard InChI is InChI=1S/C17H27N3O3S/c1-17(2,3)24(22,23)20-15-8-4-12(5-9-15)16(21)19-14-10-6-13(18)7-11-14/h6-7,10-12,15,20H,4-5,8-9,18H2,1-3H3,(H,19,21)/t12-,15-. The van der Waals surface area contributed by atoms with Crippen molar-refractivity contribution in [2.45, 2.75) is 57.2 Å². The van der Waals surface area contributed by atoms with Crippen LogP contribution in [0.5, 0.6) is 0 Å². The van der Waals surface area contributed by atoms with Gasteiger partial charge >= 0.3 is 0 Å². The van der Waals surface area contributed by atoms with Crippen LogP contribution in [0.25, 0.3) is 0 Å². The van der Waals surface area contributed by atoms with E-state index < -0.39 is 14.8 Å². The predicted molar refractivity (Wildman–Crippen MR) is 97.0 cm³/mol. The van der Waals surface area contributed by atoms with Gasteiger partial charge in [-0.2, -0.15) is 0 Å². The summed E-state index contributed by atoms with van der Waals surface area (Å²) < 4.78 is 26.4. The quantitative estimate of drug-likeness (QED) is 0.724. The number of rotatable bonds is 4. The summed E-state index contributed by atoms with van der Waals surface area (Å²) in [7, 11) is -3.35. The van der Waals surface area contributed by atoms with Gasteiger partial charge in [0.05, 0.1) is 4.75 Å². The SMILES string of the molecule is CC(C)(C)S(=O)(=O)N[C@H]1CC[C@H](C(=O)Nc2ccc(N)cc2)CC1. The van der Waals surface area contributed by atoms with Crippen molar-refractivity contribution >= 4 is 27.3 Å². The lowest BCUT2D eigenvalue weighted by atomic mass is 9.86. The Morgan fingerprint density at radius 2 is 1.62 bits per heavy atom. The van der Waals surface area contributed by atoms with Crippen LogP contribution in [0.2, 0.25) is 0 Å². The van der Waals surface area contributed by atoms with Gasteiger partial charge in [-0.3, -0.25) is 4.79 Å². The molecule has 0 radical (unpaired) electrons. The molecule has 0 atom stereocenters. The maximum absolute atomic E-state index is 12.3. The third-order valence-electron chi connectivity index (χ3n) is 4.40. The van der Waals surface area contributed by atoms with Gasteiger partial charge in [0.15, 0.2) is 0 Å². The number of anilines is 2. The third-order valence-corrected chi connectivity index (χ3v) is 6.66. The molecule has 1 aliphatic rings. The lowest BCUT2D eigenvalue weighted by molar-refractivity contribution is -0.120. The molecule has 1 fully saturated rings. The number of benzene rings is 1. The fourth-order valence-corrected chi connectivity index (χ4v) is 3.71. The van der Waals surface area contributed by atoms with Crippen molar-refractivity contribution < 1.29 is 13.2 Å². The van der Waals surface area contributed by atoms with E-state index in [-0.39, 0.29) is 17.9 Å². The number of nitrogens with two attached hydrogens (primary N) is 1. The molecular formula is C17H27N3O3S.